The van der Waals surface area contributed by atoms with Crippen LogP contribution in [0.2, 0.25) is 0 Å². The highest BCUT2D eigenvalue weighted by molar-refractivity contribution is 5.04. The van der Waals surface area contributed by atoms with Crippen LogP contribution in [0, 0.1) is 0 Å². The Morgan fingerprint density at radius 1 is 1.33 bits per heavy atom. The standard InChI is InChI=1S/C7H11NO/c1-2-4-9-7(3-1)5-8-6-7/h1-2,8H,3-6H2. The van der Waals surface area contributed by atoms with Gasteiger partial charge in [0.25, 0.3) is 0 Å². The van der Waals surface area contributed by atoms with Crippen LogP contribution in [-0.4, -0.2) is 25.3 Å². The molecule has 0 aromatic carbocycles. The Balaban J connectivity index is 2.04. The second kappa shape index (κ2) is 1.82. The van der Waals surface area contributed by atoms with Crippen LogP contribution in [0.5, 0.6) is 0 Å². The van der Waals surface area contributed by atoms with Gasteiger partial charge in [-0.15, -0.1) is 0 Å². The molecule has 0 radical (unpaired) electrons. The summed E-state index contributed by atoms with van der Waals surface area (Å²) in [7, 11) is 0. The maximum atomic E-state index is 5.55. The largest absolute Gasteiger partial charge is 0.368 e. The minimum atomic E-state index is 0.203. The predicted octanol–water partition coefficient (Wildman–Crippen LogP) is 0.305. The lowest BCUT2D eigenvalue weighted by Crippen LogP contribution is -2.61. The Bertz CT molecular complexity index is 138. The van der Waals surface area contributed by atoms with E-state index in [1.807, 2.05) is 0 Å². The van der Waals surface area contributed by atoms with Crippen LogP contribution in [0.3, 0.4) is 0 Å². The van der Waals surface area contributed by atoms with Gasteiger partial charge in [-0.05, 0) is 6.42 Å². The van der Waals surface area contributed by atoms with Gasteiger partial charge in [0.2, 0.25) is 0 Å². The molecule has 0 aromatic heterocycles. The van der Waals surface area contributed by atoms with E-state index in [2.05, 4.69) is 17.5 Å². The fourth-order valence-electron chi connectivity index (χ4n) is 1.30. The zero-order chi connectivity index (χ0) is 6.16. The third-order valence-electron chi connectivity index (χ3n) is 2.04. The van der Waals surface area contributed by atoms with E-state index >= 15 is 0 Å². The van der Waals surface area contributed by atoms with Crippen LogP contribution in [0.1, 0.15) is 6.42 Å². The van der Waals surface area contributed by atoms with E-state index in [4.69, 9.17) is 4.74 Å². The minimum absolute atomic E-state index is 0.203. The van der Waals surface area contributed by atoms with Gasteiger partial charge in [0.05, 0.1) is 12.2 Å². The normalized spacial score (nSPS) is 30.2. The summed E-state index contributed by atoms with van der Waals surface area (Å²) in [4.78, 5) is 0. The Labute approximate surface area is 54.9 Å². The molecule has 0 atom stereocenters. The molecule has 2 aliphatic rings. The molecule has 1 fully saturated rings. The fourth-order valence-corrected chi connectivity index (χ4v) is 1.30. The van der Waals surface area contributed by atoms with Crippen LogP contribution >= 0.6 is 0 Å². The van der Waals surface area contributed by atoms with Crippen LogP contribution in [0.15, 0.2) is 12.2 Å². The molecule has 0 aromatic rings. The van der Waals surface area contributed by atoms with Crippen LogP contribution in [0.25, 0.3) is 0 Å². The van der Waals surface area contributed by atoms with E-state index < -0.39 is 0 Å². The van der Waals surface area contributed by atoms with Crippen LogP contribution < -0.4 is 5.32 Å². The van der Waals surface area contributed by atoms with Crippen molar-refractivity contribution in [2.75, 3.05) is 19.7 Å². The number of rotatable bonds is 0. The van der Waals surface area contributed by atoms with Gasteiger partial charge in [0.15, 0.2) is 0 Å². The highest BCUT2D eigenvalue weighted by Crippen LogP contribution is 2.24. The minimum Gasteiger partial charge on any atom is -0.368 e. The highest BCUT2D eigenvalue weighted by Gasteiger charge is 2.37. The number of hydrogen-bond donors (Lipinski definition) is 1. The van der Waals surface area contributed by atoms with Crippen molar-refractivity contribution >= 4 is 0 Å². The molecule has 2 rings (SSSR count). The third kappa shape index (κ3) is 0.787. The maximum absolute atomic E-state index is 5.55. The maximum Gasteiger partial charge on any atom is 0.0968 e. The monoisotopic (exact) mass is 125 g/mol. The molecule has 0 unspecified atom stereocenters. The molecule has 2 heterocycles. The fraction of sp³-hybridized carbons (Fsp3) is 0.714. The lowest BCUT2D eigenvalue weighted by Gasteiger charge is -2.43. The Kier molecular flexibility index (Phi) is 1.10. The lowest BCUT2D eigenvalue weighted by molar-refractivity contribution is -0.0725. The molecule has 0 aliphatic carbocycles. The molecular weight excluding hydrogens is 114 g/mol. The lowest BCUT2D eigenvalue weighted by atomic mass is 9.91. The Morgan fingerprint density at radius 3 is 2.56 bits per heavy atom. The van der Waals surface area contributed by atoms with Crippen molar-refractivity contribution in [3.05, 3.63) is 12.2 Å². The number of hydrogen-bond acceptors (Lipinski definition) is 2. The van der Waals surface area contributed by atoms with E-state index in [0.717, 1.165) is 26.1 Å². The molecule has 1 N–H and O–H groups in total. The van der Waals surface area contributed by atoms with Gasteiger partial charge >= 0.3 is 0 Å². The molecule has 1 saturated heterocycles. The third-order valence-corrected chi connectivity index (χ3v) is 2.04. The van der Waals surface area contributed by atoms with Crippen molar-refractivity contribution < 1.29 is 4.74 Å². The van der Waals surface area contributed by atoms with E-state index in [0.29, 0.717) is 0 Å². The first-order valence-electron chi connectivity index (χ1n) is 3.41. The van der Waals surface area contributed by atoms with Crippen molar-refractivity contribution in [2.45, 2.75) is 12.0 Å². The molecule has 2 heteroatoms. The zero-order valence-electron chi connectivity index (χ0n) is 5.39. The molecule has 2 nitrogen and oxygen atoms in total. The Morgan fingerprint density at radius 2 is 2.22 bits per heavy atom. The number of ether oxygens (including phenoxy) is 1. The first-order valence-corrected chi connectivity index (χ1v) is 3.41. The van der Waals surface area contributed by atoms with Gasteiger partial charge in [0.1, 0.15) is 0 Å². The van der Waals surface area contributed by atoms with Gasteiger partial charge in [0, 0.05) is 13.1 Å². The average molecular weight is 125 g/mol. The summed E-state index contributed by atoms with van der Waals surface area (Å²) >= 11 is 0. The highest BCUT2D eigenvalue weighted by atomic mass is 16.5. The van der Waals surface area contributed by atoms with Crippen molar-refractivity contribution in [2.24, 2.45) is 0 Å². The molecule has 1 spiro atoms. The zero-order valence-corrected chi connectivity index (χ0v) is 5.39. The van der Waals surface area contributed by atoms with Gasteiger partial charge in [-0.3, -0.25) is 0 Å². The Hall–Kier alpha value is -0.340. The van der Waals surface area contributed by atoms with Crippen LogP contribution in [-0.2, 0) is 4.74 Å². The molecule has 0 bridgehead atoms. The van der Waals surface area contributed by atoms with Gasteiger partial charge in [-0.25, -0.2) is 0 Å². The summed E-state index contributed by atoms with van der Waals surface area (Å²) in [5, 5.41) is 3.21. The average Bonchev–Trinajstić information content (AvgIpc) is 1.87. The van der Waals surface area contributed by atoms with Crippen LogP contribution in [0.4, 0.5) is 0 Å². The molecular formula is C7H11NO. The van der Waals surface area contributed by atoms with Gasteiger partial charge in [-0.2, -0.15) is 0 Å². The van der Waals surface area contributed by atoms with Gasteiger partial charge in [-0.1, -0.05) is 12.2 Å². The van der Waals surface area contributed by atoms with E-state index in [1.54, 1.807) is 0 Å². The summed E-state index contributed by atoms with van der Waals surface area (Å²) < 4.78 is 5.55. The molecule has 2 aliphatic heterocycles. The molecule has 0 saturated carbocycles. The van der Waals surface area contributed by atoms with E-state index in [1.165, 1.54) is 0 Å². The quantitative estimate of drug-likeness (QED) is 0.470. The second-order valence-electron chi connectivity index (χ2n) is 2.77. The summed E-state index contributed by atoms with van der Waals surface area (Å²) in [6.07, 6.45) is 5.40. The second-order valence-corrected chi connectivity index (χ2v) is 2.77. The van der Waals surface area contributed by atoms with Crippen molar-refractivity contribution in [1.82, 2.24) is 5.32 Å². The first-order chi connectivity index (χ1) is 4.41. The van der Waals surface area contributed by atoms with Crippen molar-refractivity contribution in [1.29, 1.82) is 0 Å². The first kappa shape index (κ1) is 5.45. The SMILES string of the molecule is C1=CCC2(CNC2)OC1. The predicted molar refractivity (Wildman–Crippen MR) is 35.3 cm³/mol. The van der Waals surface area contributed by atoms with E-state index in [-0.39, 0.29) is 5.60 Å². The van der Waals surface area contributed by atoms with Crippen molar-refractivity contribution in [3.63, 3.8) is 0 Å². The summed E-state index contributed by atoms with van der Waals surface area (Å²) in [5.74, 6) is 0. The summed E-state index contributed by atoms with van der Waals surface area (Å²) in [5.41, 5.74) is 0.203. The van der Waals surface area contributed by atoms with Gasteiger partial charge < -0.3 is 10.1 Å². The smallest absolute Gasteiger partial charge is 0.0968 e. The molecule has 9 heavy (non-hydrogen) atoms. The summed E-state index contributed by atoms with van der Waals surface area (Å²) in [6.45, 7) is 2.89. The molecule has 50 valence electrons. The molecule has 0 amide bonds. The van der Waals surface area contributed by atoms with E-state index in [9.17, 15) is 0 Å². The summed E-state index contributed by atoms with van der Waals surface area (Å²) in [6, 6.07) is 0. The topological polar surface area (TPSA) is 21.3 Å². The number of nitrogens with one attached hydrogen (secondary N) is 1. The van der Waals surface area contributed by atoms with Crippen molar-refractivity contribution in [3.8, 4) is 0 Å².